The first-order chi connectivity index (χ1) is 18.3. The molecule has 2 amide bonds. The van der Waals surface area contributed by atoms with E-state index in [-0.39, 0.29) is 46.2 Å². The van der Waals surface area contributed by atoms with Crippen LogP contribution in [0.25, 0.3) is 0 Å². The van der Waals surface area contributed by atoms with Crippen molar-refractivity contribution in [2.75, 3.05) is 22.1 Å². The van der Waals surface area contributed by atoms with E-state index in [9.17, 15) is 28.2 Å². The van der Waals surface area contributed by atoms with Gasteiger partial charge in [-0.2, -0.15) is 0 Å². The van der Waals surface area contributed by atoms with Gasteiger partial charge in [-0.1, -0.05) is 31.2 Å². The minimum absolute atomic E-state index is 0.0506. The summed E-state index contributed by atoms with van der Waals surface area (Å²) in [7, 11) is -3.85. The van der Waals surface area contributed by atoms with Gasteiger partial charge >= 0.3 is 0 Å². The first-order valence-corrected chi connectivity index (χ1v) is 13.6. The van der Waals surface area contributed by atoms with Crippen molar-refractivity contribution in [1.82, 2.24) is 0 Å². The number of phenols is 2. The summed E-state index contributed by atoms with van der Waals surface area (Å²) < 4.78 is 26.0. The van der Waals surface area contributed by atoms with Crippen molar-refractivity contribution >= 4 is 44.4 Å². The number of hydrogen-bond donors (Lipinski definition) is 6. The lowest BCUT2D eigenvalue weighted by atomic mass is 9.92. The Morgan fingerprint density at radius 3 is 2.03 bits per heavy atom. The van der Waals surface area contributed by atoms with E-state index in [1.165, 1.54) is 66.8 Å². The molecule has 11 heteroatoms. The van der Waals surface area contributed by atoms with Gasteiger partial charge in [0.1, 0.15) is 11.5 Å². The van der Waals surface area contributed by atoms with Gasteiger partial charge in [0.15, 0.2) is 9.84 Å². The lowest BCUT2D eigenvalue weighted by Crippen LogP contribution is -2.36. The van der Waals surface area contributed by atoms with Gasteiger partial charge < -0.3 is 32.3 Å². The third-order valence-corrected chi connectivity index (χ3v) is 9.37. The molecule has 2 aliphatic carbocycles. The Bertz CT molecular complexity index is 1590. The smallest absolute Gasteiger partial charge is 0.255 e. The van der Waals surface area contributed by atoms with E-state index in [0.29, 0.717) is 16.9 Å². The molecule has 2 aliphatic rings. The van der Waals surface area contributed by atoms with Crippen molar-refractivity contribution in [3.05, 3.63) is 82.8 Å². The topological polar surface area (TPSA) is 185 Å². The SMILES string of the molecule is CC1CC(S(=O)(=O)C2(C)C=CC(C(=O)Nc3cc(N)ccc3O)=CC2)=CC=C1C(=O)Nc1cc(N)ccc1O. The summed E-state index contributed by atoms with van der Waals surface area (Å²) in [6.45, 7) is 3.33. The molecule has 39 heavy (non-hydrogen) atoms. The molecular weight excluding hydrogens is 520 g/mol. The fourth-order valence-corrected chi connectivity index (χ4v) is 6.27. The van der Waals surface area contributed by atoms with E-state index < -0.39 is 32.3 Å². The molecule has 2 aromatic rings. The number of anilines is 4. The monoisotopic (exact) mass is 550 g/mol. The molecule has 0 bridgehead atoms. The van der Waals surface area contributed by atoms with Crippen LogP contribution >= 0.6 is 0 Å². The van der Waals surface area contributed by atoms with Crippen LogP contribution in [0.3, 0.4) is 0 Å². The van der Waals surface area contributed by atoms with Gasteiger partial charge in [0.2, 0.25) is 0 Å². The average molecular weight is 551 g/mol. The number of nitrogen functional groups attached to an aromatic ring is 2. The van der Waals surface area contributed by atoms with Crippen molar-refractivity contribution in [3.8, 4) is 11.5 Å². The second kappa shape index (κ2) is 10.3. The number of amides is 2. The second-order valence-electron chi connectivity index (χ2n) is 9.83. The summed E-state index contributed by atoms with van der Waals surface area (Å²) in [6, 6.07) is 8.59. The first-order valence-electron chi connectivity index (χ1n) is 12.2. The maximum absolute atomic E-state index is 13.6. The van der Waals surface area contributed by atoms with Gasteiger partial charge in [-0.15, -0.1) is 0 Å². The molecule has 0 heterocycles. The van der Waals surface area contributed by atoms with Crippen molar-refractivity contribution < 1.29 is 28.2 Å². The molecule has 10 nitrogen and oxygen atoms in total. The van der Waals surface area contributed by atoms with E-state index in [1.807, 2.05) is 0 Å². The standard InChI is InChI=1S/C28H30N4O6S/c1-16-13-20(5-6-21(16)27(36)32-23-15-19(30)4-8-25(23)34)39(37,38)28(2)11-9-17(10-12-28)26(35)31-22-14-18(29)3-7-24(22)33/h3-11,14-16,33-34H,12-13,29-30H2,1-2H3,(H,31,35)(H,32,36). The Morgan fingerprint density at radius 1 is 0.949 bits per heavy atom. The summed E-state index contributed by atoms with van der Waals surface area (Å²) >= 11 is 0. The molecule has 4 rings (SSSR count). The van der Waals surface area contributed by atoms with Crippen LogP contribution in [-0.4, -0.2) is 35.2 Å². The van der Waals surface area contributed by atoms with Crippen LogP contribution in [0.5, 0.6) is 11.5 Å². The Morgan fingerprint density at radius 2 is 1.51 bits per heavy atom. The van der Waals surface area contributed by atoms with Crippen molar-refractivity contribution in [2.45, 2.75) is 31.4 Å². The summed E-state index contributed by atoms with van der Waals surface area (Å²) in [4.78, 5) is 25.7. The number of sulfone groups is 1. The summed E-state index contributed by atoms with van der Waals surface area (Å²) in [5.74, 6) is -1.67. The highest BCUT2D eigenvalue weighted by Crippen LogP contribution is 2.39. The fourth-order valence-electron chi connectivity index (χ4n) is 4.40. The zero-order valence-electron chi connectivity index (χ0n) is 21.4. The van der Waals surface area contributed by atoms with Gasteiger partial charge in [-0.25, -0.2) is 8.42 Å². The molecule has 2 atom stereocenters. The highest BCUT2D eigenvalue weighted by atomic mass is 32.2. The number of allylic oxidation sites excluding steroid dienone is 4. The van der Waals surface area contributed by atoms with E-state index >= 15 is 0 Å². The second-order valence-corrected chi connectivity index (χ2v) is 12.3. The Balaban J connectivity index is 1.49. The molecule has 0 spiro atoms. The fraction of sp³-hybridized carbons (Fsp3) is 0.214. The zero-order chi connectivity index (χ0) is 28.5. The lowest BCUT2D eigenvalue weighted by Gasteiger charge is -2.31. The number of hydrogen-bond acceptors (Lipinski definition) is 8. The Labute approximate surface area is 226 Å². The van der Waals surface area contributed by atoms with Crippen molar-refractivity contribution in [3.63, 3.8) is 0 Å². The van der Waals surface area contributed by atoms with E-state index in [2.05, 4.69) is 10.6 Å². The maximum atomic E-state index is 13.6. The van der Waals surface area contributed by atoms with Crippen molar-refractivity contribution in [2.24, 2.45) is 5.92 Å². The number of nitrogens with two attached hydrogens (primary N) is 2. The number of carbonyl (C=O) groups excluding carboxylic acids is 2. The lowest BCUT2D eigenvalue weighted by molar-refractivity contribution is -0.113. The summed E-state index contributed by atoms with van der Waals surface area (Å²) in [6.07, 6.45) is 7.53. The number of nitrogens with one attached hydrogen (secondary N) is 2. The number of carbonyl (C=O) groups is 2. The third-order valence-electron chi connectivity index (χ3n) is 6.85. The Hall–Kier alpha value is -4.51. The Kier molecular flexibility index (Phi) is 7.29. The summed E-state index contributed by atoms with van der Waals surface area (Å²) in [5, 5.41) is 25.1. The minimum Gasteiger partial charge on any atom is -0.506 e. The molecule has 0 saturated carbocycles. The first kappa shape index (κ1) is 27.5. The van der Waals surface area contributed by atoms with Gasteiger partial charge in [-0.05, 0) is 68.2 Å². The molecule has 2 aromatic carbocycles. The number of rotatable bonds is 6. The predicted octanol–water partition coefficient (Wildman–Crippen LogP) is 3.75. The molecule has 0 radical (unpaired) electrons. The molecule has 0 saturated heterocycles. The largest absolute Gasteiger partial charge is 0.506 e. The van der Waals surface area contributed by atoms with Gasteiger partial charge in [0, 0.05) is 27.4 Å². The quantitative estimate of drug-likeness (QED) is 0.178. The van der Waals surface area contributed by atoms with Crippen LogP contribution in [0.1, 0.15) is 26.7 Å². The van der Waals surface area contributed by atoms with Crippen LogP contribution in [0.2, 0.25) is 0 Å². The van der Waals surface area contributed by atoms with Gasteiger partial charge in [0.05, 0.1) is 16.1 Å². The normalized spacial score (nSPS) is 20.9. The van der Waals surface area contributed by atoms with Crippen LogP contribution in [-0.2, 0) is 19.4 Å². The summed E-state index contributed by atoms with van der Waals surface area (Å²) in [5.41, 5.74) is 13.1. The number of benzene rings is 2. The van der Waals surface area contributed by atoms with Crippen LogP contribution < -0.4 is 22.1 Å². The van der Waals surface area contributed by atoms with Gasteiger partial charge in [0.25, 0.3) is 11.8 Å². The average Bonchev–Trinajstić information content (AvgIpc) is 2.88. The van der Waals surface area contributed by atoms with E-state index in [4.69, 9.17) is 11.5 Å². The van der Waals surface area contributed by atoms with Gasteiger partial charge in [-0.3, -0.25) is 9.59 Å². The van der Waals surface area contributed by atoms with E-state index in [1.54, 1.807) is 13.8 Å². The molecule has 204 valence electrons. The zero-order valence-corrected chi connectivity index (χ0v) is 22.2. The molecule has 8 N–H and O–H groups in total. The molecular formula is C28H30N4O6S. The van der Waals surface area contributed by atoms with Crippen LogP contribution in [0, 0.1) is 5.92 Å². The maximum Gasteiger partial charge on any atom is 0.255 e. The highest BCUT2D eigenvalue weighted by Gasteiger charge is 2.41. The number of phenolic OH excluding ortho intramolecular Hbond substituents is 2. The van der Waals surface area contributed by atoms with Crippen LogP contribution in [0.4, 0.5) is 22.7 Å². The van der Waals surface area contributed by atoms with Crippen LogP contribution in [0.15, 0.2) is 82.8 Å². The molecule has 0 aliphatic heterocycles. The molecule has 0 aromatic heterocycles. The van der Waals surface area contributed by atoms with E-state index in [0.717, 1.165) is 0 Å². The highest BCUT2D eigenvalue weighted by molar-refractivity contribution is 7.96. The number of aromatic hydroxyl groups is 2. The molecule has 0 fully saturated rings. The van der Waals surface area contributed by atoms with Crippen molar-refractivity contribution in [1.29, 1.82) is 0 Å². The third kappa shape index (κ3) is 5.53. The predicted molar refractivity (Wildman–Crippen MR) is 151 cm³/mol. The minimum atomic E-state index is -3.85. The molecule has 2 unspecified atom stereocenters.